The quantitative estimate of drug-likeness (QED) is 0.381. The van der Waals surface area contributed by atoms with Crippen molar-refractivity contribution < 1.29 is 4.42 Å². The van der Waals surface area contributed by atoms with Crippen LogP contribution in [0.4, 0.5) is 11.7 Å². The minimum Gasteiger partial charge on any atom is -0.425 e. The molecular formula is C19H20N6OS. The Morgan fingerprint density at radius 3 is 2.67 bits per heavy atom. The molecular weight excluding hydrogens is 360 g/mol. The van der Waals surface area contributed by atoms with Gasteiger partial charge in [0.15, 0.2) is 10.8 Å². The van der Waals surface area contributed by atoms with Crippen LogP contribution in [0.1, 0.15) is 12.5 Å². The molecule has 1 aliphatic heterocycles. The van der Waals surface area contributed by atoms with Gasteiger partial charge in [-0.1, -0.05) is 24.8 Å². The topological polar surface area (TPSA) is 62.7 Å². The number of thioether (sulfide) groups is 1. The molecule has 0 saturated carbocycles. The lowest BCUT2D eigenvalue weighted by Crippen LogP contribution is -2.46. The van der Waals surface area contributed by atoms with E-state index >= 15 is 0 Å². The number of fused-ring (bicyclic) bond motifs is 1. The highest BCUT2D eigenvalue weighted by Crippen LogP contribution is 2.26. The molecule has 1 saturated heterocycles. The van der Waals surface area contributed by atoms with E-state index in [0.29, 0.717) is 17.3 Å². The van der Waals surface area contributed by atoms with Crippen molar-refractivity contribution >= 4 is 34.6 Å². The van der Waals surface area contributed by atoms with Crippen molar-refractivity contribution in [2.45, 2.75) is 18.6 Å². The molecule has 0 spiro atoms. The maximum Gasteiger partial charge on any atom is 0.298 e. The van der Waals surface area contributed by atoms with Gasteiger partial charge in [-0.3, -0.25) is 4.90 Å². The van der Waals surface area contributed by atoms with E-state index in [0.717, 1.165) is 54.7 Å². The molecule has 0 N–H and O–H groups in total. The van der Waals surface area contributed by atoms with Crippen molar-refractivity contribution in [2.75, 3.05) is 36.8 Å². The molecule has 3 heterocycles. The van der Waals surface area contributed by atoms with Crippen LogP contribution in [-0.2, 0) is 6.54 Å². The van der Waals surface area contributed by atoms with Crippen LogP contribution in [0.2, 0.25) is 0 Å². The van der Waals surface area contributed by atoms with Gasteiger partial charge < -0.3 is 9.32 Å². The third kappa shape index (κ3) is 4.04. The summed E-state index contributed by atoms with van der Waals surface area (Å²) in [6, 6.07) is 5.99. The van der Waals surface area contributed by atoms with Crippen molar-refractivity contribution in [3.05, 3.63) is 47.6 Å². The van der Waals surface area contributed by atoms with Gasteiger partial charge in [-0.2, -0.15) is 4.98 Å². The number of anilines is 1. The summed E-state index contributed by atoms with van der Waals surface area (Å²) in [5.74, 6) is 0.982. The average Bonchev–Trinajstić information content (AvgIpc) is 3.13. The first-order valence-electron chi connectivity index (χ1n) is 8.94. The van der Waals surface area contributed by atoms with Gasteiger partial charge in [0.25, 0.3) is 6.01 Å². The molecule has 0 unspecified atom stereocenters. The lowest BCUT2D eigenvalue weighted by molar-refractivity contribution is 0.245. The highest BCUT2D eigenvalue weighted by atomic mass is 32.2. The highest BCUT2D eigenvalue weighted by Gasteiger charge is 2.21. The zero-order valence-electron chi connectivity index (χ0n) is 15.1. The van der Waals surface area contributed by atoms with Crippen LogP contribution < -0.4 is 4.90 Å². The first-order valence-corrected chi connectivity index (χ1v) is 9.93. The molecule has 1 fully saturated rings. The molecule has 0 aliphatic carbocycles. The number of piperazine rings is 1. The van der Waals surface area contributed by atoms with Gasteiger partial charge in [0.2, 0.25) is 0 Å². The van der Waals surface area contributed by atoms with Crippen molar-refractivity contribution in [3.63, 3.8) is 0 Å². The Kier molecular flexibility index (Phi) is 5.23. The van der Waals surface area contributed by atoms with Gasteiger partial charge in [0.05, 0.1) is 6.57 Å². The maximum atomic E-state index is 7.11. The predicted molar refractivity (Wildman–Crippen MR) is 106 cm³/mol. The van der Waals surface area contributed by atoms with Crippen molar-refractivity contribution in [2.24, 2.45) is 0 Å². The summed E-state index contributed by atoms with van der Waals surface area (Å²) in [5.41, 5.74) is 3.17. The second-order valence-corrected chi connectivity index (χ2v) is 7.56. The zero-order chi connectivity index (χ0) is 18.6. The number of hydrogen-bond acceptors (Lipinski definition) is 7. The van der Waals surface area contributed by atoms with E-state index in [2.05, 4.69) is 36.5 Å². The minimum absolute atomic E-state index is 0.570. The summed E-state index contributed by atoms with van der Waals surface area (Å²) in [6.45, 7) is 13.6. The van der Waals surface area contributed by atoms with E-state index in [4.69, 9.17) is 11.0 Å². The fraction of sp³-hybridized carbons (Fsp3) is 0.368. The molecule has 0 radical (unpaired) electrons. The van der Waals surface area contributed by atoms with E-state index in [1.165, 1.54) is 0 Å². The van der Waals surface area contributed by atoms with Crippen molar-refractivity contribution in [1.82, 2.24) is 19.9 Å². The lowest BCUT2D eigenvalue weighted by atomic mass is 10.2. The van der Waals surface area contributed by atoms with E-state index in [1.807, 2.05) is 18.5 Å². The Labute approximate surface area is 162 Å². The molecule has 0 bridgehead atoms. The number of hydrogen-bond donors (Lipinski definition) is 0. The minimum atomic E-state index is 0.570. The molecule has 0 atom stereocenters. The molecule has 1 aromatic carbocycles. The summed E-state index contributed by atoms with van der Waals surface area (Å²) in [6.07, 6.45) is 3.85. The van der Waals surface area contributed by atoms with Gasteiger partial charge in [0.1, 0.15) is 11.1 Å². The fourth-order valence-electron chi connectivity index (χ4n) is 3.09. The molecule has 4 rings (SSSR count). The summed E-state index contributed by atoms with van der Waals surface area (Å²) in [7, 11) is 0. The van der Waals surface area contributed by atoms with Crippen LogP contribution in [-0.4, -0.2) is 51.8 Å². The monoisotopic (exact) mass is 380 g/mol. The third-order valence-electron chi connectivity index (χ3n) is 4.49. The number of oxazole rings is 1. The number of rotatable bonds is 5. The molecule has 138 valence electrons. The maximum absolute atomic E-state index is 7.11. The summed E-state index contributed by atoms with van der Waals surface area (Å²) < 4.78 is 5.87. The Balaban J connectivity index is 1.36. The first kappa shape index (κ1) is 17.8. The SMILES string of the molecule is [C-]#[N+]c1ccc2nc(N3CCN(Cc4cnc(SCC)nc4)CC3)oc2c1. The van der Waals surface area contributed by atoms with Crippen LogP contribution in [0.3, 0.4) is 0 Å². The number of aromatic nitrogens is 3. The van der Waals surface area contributed by atoms with Gasteiger partial charge in [-0.25, -0.2) is 14.8 Å². The second kappa shape index (κ2) is 7.94. The summed E-state index contributed by atoms with van der Waals surface area (Å²) in [5, 5.41) is 0.836. The smallest absolute Gasteiger partial charge is 0.298 e. The molecule has 3 aromatic rings. The fourth-order valence-corrected chi connectivity index (χ4v) is 3.60. The number of nitrogens with zero attached hydrogens (tertiary/aromatic N) is 6. The van der Waals surface area contributed by atoms with Crippen LogP contribution in [0, 0.1) is 6.57 Å². The summed E-state index contributed by atoms with van der Waals surface area (Å²) in [4.78, 5) is 21.4. The highest BCUT2D eigenvalue weighted by molar-refractivity contribution is 7.99. The van der Waals surface area contributed by atoms with E-state index in [1.54, 1.807) is 23.9 Å². The van der Waals surface area contributed by atoms with Crippen LogP contribution in [0.15, 0.2) is 40.2 Å². The molecule has 7 nitrogen and oxygen atoms in total. The van der Waals surface area contributed by atoms with Crippen molar-refractivity contribution in [1.29, 1.82) is 0 Å². The van der Waals surface area contributed by atoms with Gasteiger partial charge in [0, 0.05) is 50.7 Å². The van der Waals surface area contributed by atoms with Gasteiger partial charge in [-0.05, 0) is 17.9 Å². The molecule has 8 heteroatoms. The van der Waals surface area contributed by atoms with E-state index < -0.39 is 0 Å². The van der Waals surface area contributed by atoms with Crippen LogP contribution in [0.25, 0.3) is 15.9 Å². The molecule has 2 aromatic heterocycles. The zero-order valence-corrected chi connectivity index (χ0v) is 15.9. The van der Waals surface area contributed by atoms with Crippen LogP contribution >= 0.6 is 11.8 Å². The Morgan fingerprint density at radius 1 is 1.19 bits per heavy atom. The van der Waals surface area contributed by atoms with E-state index in [9.17, 15) is 0 Å². The van der Waals surface area contributed by atoms with Crippen molar-refractivity contribution in [3.8, 4) is 0 Å². The standard InChI is InChI=1S/C19H20N6OS/c1-3-27-18-21-11-14(12-22-18)13-24-6-8-25(9-7-24)19-23-16-5-4-15(20-2)10-17(16)26-19/h4-5,10-12H,3,6-9,13H2,1H3. The Morgan fingerprint density at radius 2 is 1.96 bits per heavy atom. The average molecular weight is 380 g/mol. The normalized spacial score (nSPS) is 15.2. The second-order valence-electron chi connectivity index (χ2n) is 6.33. The largest absolute Gasteiger partial charge is 0.425 e. The molecule has 1 aliphatic rings. The molecule has 27 heavy (non-hydrogen) atoms. The Hall–Kier alpha value is -2.63. The van der Waals surface area contributed by atoms with Gasteiger partial charge in [-0.15, -0.1) is 0 Å². The first-order chi connectivity index (χ1) is 13.2. The number of benzene rings is 1. The van der Waals surface area contributed by atoms with E-state index in [-0.39, 0.29) is 0 Å². The predicted octanol–water partition coefficient (Wildman–Crippen LogP) is 3.60. The lowest BCUT2D eigenvalue weighted by Gasteiger charge is -2.33. The van der Waals surface area contributed by atoms with Crippen LogP contribution in [0.5, 0.6) is 0 Å². The third-order valence-corrected chi connectivity index (χ3v) is 5.25. The Bertz CT molecular complexity index is 956. The summed E-state index contributed by atoms with van der Waals surface area (Å²) >= 11 is 1.66. The molecule has 0 amide bonds. The van der Waals surface area contributed by atoms with Gasteiger partial charge >= 0.3 is 0 Å².